The number of carboxylic acid groups (broad SMARTS) is 1. The standard InChI is InChI=1S/C59H71ClN6O16/c1-32(47(67)53(73)74)62-50(70)43-30-34-16-26-44(78-55(76)81-58(6,7)8)40(29-34)41-31-38(23-27-45(41)79-56(77)82-59(9,10)11)46(51(71)63-33(2)48(68)65-43)66(12)52(72)42(15-13-14-28-61-54(75)80-57(3,4)5)64-49(69)37-19-17-35(18-20-37)36-21-24-39(60)25-22-36/h16-27,29,31-33,42-43,46H,13-15,28,30H2,1-12H3,(H,61,75)(H,62,70)(H,63,71)(H,64,69)(H,65,68)(H,73,74)/t32-,33-,42-,43-,46-/m0/s1. The fourth-order valence-electron chi connectivity index (χ4n) is 8.26. The number of nitrogens with one attached hydrogen (secondary N) is 5. The summed E-state index contributed by atoms with van der Waals surface area (Å²) in [6.07, 6.45) is -2.79. The molecule has 22 nitrogen and oxygen atoms in total. The predicted octanol–water partition coefficient (Wildman–Crippen LogP) is 8.00. The van der Waals surface area contributed by atoms with Gasteiger partial charge < -0.3 is 60.3 Å². The molecule has 0 radical (unpaired) electrons. The van der Waals surface area contributed by atoms with Crippen molar-refractivity contribution in [2.24, 2.45) is 0 Å². The summed E-state index contributed by atoms with van der Waals surface area (Å²) in [5, 5.41) is 22.9. The number of likely N-dealkylation sites (N-methyl/N-ethyl adjacent to an activating group) is 1. The second-order valence-corrected chi connectivity index (χ2v) is 22.9. The number of carbonyl (C=O) groups is 10. The number of Topliss-reactive ketones (excluding diaryl/α,β-unsaturated/α-hetero) is 1. The van der Waals surface area contributed by atoms with Crippen LogP contribution in [0.15, 0.2) is 84.9 Å². The molecule has 4 aromatic carbocycles. The molecular weight excluding hydrogens is 1080 g/mol. The van der Waals surface area contributed by atoms with Crippen LogP contribution in [0.5, 0.6) is 11.5 Å². The van der Waals surface area contributed by atoms with Crippen LogP contribution in [0.1, 0.15) is 123 Å². The second-order valence-electron chi connectivity index (χ2n) is 22.5. The fraction of sp³-hybridized carbons (Fsp3) is 0.424. The summed E-state index contributed by atoms with van der Waals surface area (Å²) >= 11 is 6.10. The lowest BCUT2D eigenvalue weighted by Gasteiger charge is -2.33. The molecule has 82 heavy (non-hydrogen) atoms. The topological polar surface area (TPSA) is 300 Å². The van der Waals surface area contributed by atoms with Gasteiger partial charge in [0.1, 0.15) is 52.5 Å². The summed E-state index contributed by atoms with van der Waals surface area (Å²) < 4.78 is 27.9. The molecule has 0 saturated carbocycles. The van der Waals surface area contributed by atoms with Crippen molar-refractivity contribution < 1.29 is 76.7 Å². The number of ether oxygens (including phenoxy) is 5. The molecule has 4 bridgehead atoms. The number of fused-ring (bicyclic) bond motifs is 5. The molecule has 0 aromatic heterocycles. The van der Waals surface area contributed by atoms with Gasteiger partial charge in [-0.3, -0.25) is 28.8 Å². The molecule has 23 heteroatoms. The van der Waals surface area contributed by atoms with Crippen LogP contribution >= 0.6 is 11.6 Å². The molecule has 5 atom stereocenters. The third kappa shape index (κ3) is 19.1. The lowest BCUT2D eigenvalue weighted by atomic mass is 9.93. The Labute approximate surface area is 480 Å². The van der Waals surface area contributed by atoms with Crippen molar-refractivity contribution in [3.05, 3.63) is 107 Å². The van der Waals surface area contributed by atoms with Crippen LogP contribution in [0.4, 0.5) is 14.4 Å². The summed E-state index contributed by atoms with van der Waals surface area (Å²) in [7, 11) is 1.30. The lowest BCUT2D eigenvalue weighted by Crippen LogP contribution is -2.57. The minimum atomic E-state index is -1.82. The number of aliphatic carboxylic acids is 1. The van der Waals surface area contributed by atoms with Crippen LogP contribution < -0.4 is 36.1 Å². The Balaban J connectivity index is 1.67. The third-order valence-corrected chi connectivity index (χ3v) is 12.4. The number of unbranched alkanes of at least 4 members (excludes halogenated alkanes) is 1. The van der Waals surface area contributed by atoms with E-state index in [4.69, 9.17) is 35.3 Å². The zero-order valence-corrected chi connectivity index (χ0v) is 48.7. The van der Waals surface area contributed by atoms with Gasteiger partial charge in [-0.15, -0.1) is 0 Å². The number of carboxylic acids is 1. The maximum absolute atomic E-state index is 15.2. The van der Waals surface area contributed by atoms with Crippen LogP contribution in [-0.4, -0.2) is 124 Å². The summed E-state index contributed by atoms with van der Waals surface area (Å²) in [5.41, 5.74) is -0.820. The maximum Gasteiger partial charge on any atom is 0.514 e. The van der Waals surface area contributed by atoms with Gasteiger partial charge >= 0.3 is 24.4 Å². The van der Waals surface area contributed by atoms with E-state index in [2.05, 4.69) is 26.6 Å². The number of alkyl carbamates (subject to hydrolysis) is 1. The molecule has 6 amide bonds. The Kier molecular flexibility index (Phi) is 21.4. The van der Waals surface area contributed by atoms with Gasteiger partial charge in [-0.1, -0.05) is 48.0 Å². The van der Waals surface area contributed by atoms with Gasteiger partial charge in [0.25, 0.3) is 11.7 Å². The van der Waals surface area contributed by atoms with Gasteiger partial charge in [0.05, 0.1) is 6.04 Å². The molecule has 4 aromatic rings. The highest BCUT2D eigenvalue weighted by Crippen LogP contribution is 2.41. The normalized spacial score (nSPS) is 16.2. The molecule has 1 aliphatic heterocycles. The Hall–Kier alpha value is -8.53. The summed E-state index contributed by atoms with van der Waals surface area (Å²) in [6, 6.07) is 14.4. The van der Waals surface area contributed by atoms with Crippen LogP contribution in [0.2, 0.25) is 5.02 Å². The zero-order valence-electron chi connectivity index (χ0n) is 47.9. The van der Waals surface area contributed by atoms with Gasteiger partial charge in [0, 0.05) is 41.7 Å². The highest BCUT2D eigenvalue weighted by atomic mass is 35.5. The number of hydrogen-bond acceptors (Lipinski definition) is 15. The quantitative estimate of drug-likeness (QED) is 0.0204. The van der Waals surface area contributed by atoms with E-state index in [9.17, 15) is 43.5 Å². The SMILES string of the molecule is C[C@@H]1NC(=O)[C@@H](N(C)C(=O)[C@H](CCCCNC(=O)OC(C)(C)C)NC(=O)c2ccc(-c3ccc(Cl)cc3)cc2)c2ccc(OC(=O)OC(C)(C)C)c(c2)-c2cc(ccc2OC(=O)OC(C)(C)C)C[C@@H](C(=O)N[C@@H](C)C(=O)C(=O)O)NC1=O. The van der Waals surface area contributed by atoms with Gasteiger partial charge in [-0.2, -0.15) is 0 Å². The molecular formula is C59H71ClN6O16. The molecule has 1 aliphatic rings. The first-order valence-electron chi connectivity index (χ1n) is 26.4. The Morgan fingerprint density at radius 1 is 0.695 bits per heavy atom. The van der Waals surface area contributed by atoms with E-state index < -0.39 is 107 Å². The molecule has 5 rings (SSSR count). The molecule has 0 saturated heterocycles. The van der Waals surface area contributed by atoms with Crippen molar-refractivity contribution in [1.29, 1.82) is 0 Å². The number of benzene rings is 4. The number of hydrogen-bond donors (Lipinski definition) is 6. The highest BCUT2D eigenvalue weighted by Gasteiger charge is 2.37. The number of carbonyl (C=O) groups excluding carboxylic acids is 9. The summed E-state index contributed by atoms with van der Waals surface area (Å²) in [5.74, 6) is -7.92. The Bertz CT molecular complexity index is 3050. The second kappa shape index (κ2) is 27.3. The van der Waals surface area contributed by atoms with Gasteiger partial charge in [-0.25, -0.2) is 19.2 Å². The smallest absolute Gasteiger partial charge is 0.475 e. The highest BCUT2D eigenvalue weighted by molar-refractivity contribution is 6.35. The van der Waals surface area contributed by atoms with Crippen LogP contribution in [0.3, 0.4) is 0 Å². The minimum Gasteiger partial charge on any atom is -0.475 e. The van der Waals surface area contributed by atoms with Crippen LogP contribution in [-0.2, 0) is 49.4 Å². The van der Waals surface area contributed by atoms with Crippen molar-refractivity contribution in [1.82, 2.24) is 31.5 Å². The first kappa shape index (κ1) is 64.3. The van der Waals surface area contributed by atoms with Crippen molar-refractivity contribution in [2.45, 2.75) is 149 Å². The summed E-state index contributed by atoms with van der Waals surface area (Å²) in [4.78, 5) is 137. The van der Waals surface area contributed by atoms with E-state index in [0.29, 0.717) is 11.4 Å². The van der Waals surface area contributed by atoms with E-state index in [-0.39, 0.29) is 65.1 Å². The number of nitrogens with zero attached hydrogens (tertiary/aromatic N) is 1. The molecule has 0 unspecified atom stereocenters. The molecule has 6 N–H and O–H groups in total. The molecule has 0 aliphatic carbocycles. The fourth-order valence-corrected chi connectivity index (χ4v) is 8.39. The number of rotatable bonds is 16. The number of amides is 6. The first-order chi connectivity index (χ1) is 38.2. The average molecular weight is 1160 g/mol. The zero-order chi connectivity index (χ0) is 61.0. The molecule has 0 spiro atoms. The van der Waals surface area contributed by atoms with Crippen LogP contribution in [0, 0.1) is 0 Å². The first-order valence-corrected chi connectivity index (χ1v) is 26.7. The Morgan fingerprint density at radius 3 is 1.78 bits per heavy atom. The summed E-state index contributed by atoms with van der Waals surface area (Å²) in [6.45, 7) is 17.4. The largest absolute Gasteiger partial charge is 0.514 e. The van der Waals surface area contributed by atoms with Crippen molar-refractivity contribution in [3.63, 3.8) is 0 Å². The van der Waals surface area contributed by atoms with E-state index in [0.717, 1.165) is 23.0 Å². The maximum atomic E-state index is 15.2. The van der Waals surface area contributed by atoms with E-state index in [1.165, 1.54) is 50.4 Å². The number of halogens is 1. The van der Waals surface area contributed by atoms with Crippen molar-refractivity contribution in [2.75, 3.05) is 13.6 Å². The van der Waals surface area contributed by atoms with Crippen molar-refractivity contribution in [3.8, 4) is 33.8 Å². The van der Waals surface area contributed by atoms with E-state index in [1.807, 2.05) is 12.1 Å². The van der Waals surface area contributed by atoms with Crippen LogP contribution in [0.25, 0.3) is 22.3 Å². The average Bonchev–Trinajstić information content (AvgIpc) is 3.56. The van der Waals surface area contributed by atoms with Gasteiger partial charge in [-0.05, 0) is 166 Å². The molecule has 440 valence electrons. The van der Waals surface area contributed by atoms with E-state index in [1.54, 1.807) is 98.7 Å². The van der Waals surface area contributed by atoms with Gasteiger partial charge in [0.2, 0.25) is 23.6 Å². The lowest BCUT2D eigenvalue weighted by molar-refractivity contribution is -0.150. The predicted molar refractivity (Wildman–Crippen MR) is 301 cm³/mol. The third-order valence-electron chi connectivity index (χ3n) is 12.1. The number of ketones is 1. The molecule has 0 fully saturated rings. The monoisotopic (exact) mass is 1150 g/mol. The van der Waals surface area contributed by atoms with Gasteiger partial charge in [0.15, 0.2) is 0 Å². The van der Waals surface area contributed by atoms with Crippen molar-refractivity contribution >= 4 is 71.3 Å². The minimum absolute atomic E-state index is 0.0190. The van der Waals surface area contributed by atoms with E-state index >= 15 is 9.59 Å². The Morgan fingerprint density at radius 2 is 1.23 bits per heavy atom. The molecule has 1 heterocycles.